The molecule has 0 unspecified atom stereocenters. The molecule has 2 aromatic rings. The number of esters is 1. The van der Waals surface area contributed by atoms with Crippen molar-refractivity contribution in [2.24, 2.45) is 0 Å². The van der Waals surface area contributed by atoms with E-state index in [0.717, 1.165) is 4.88 Å². The highest BCUT2D eigenvalue weighted by Crippen LogP contribution is 2.33. The number of nitriles is 1. The molecule has 0 spiro atoms. The van der Waals surface area contributed by atoms with Gasteiger partial charge in [0.15, 0.2) is 0 Å². The van der Waals surface area contributed by atoms with Gasteiger partial charge in [0.25, 0.3) is 11.6 Å². The van der Waals surface area contributed by atoms with Crippen LogP contribution in [0.5, 0.6) is 0 Å². The SMILES string of the molecule is CCOC(=O)c1cc(C(C)C)sc1NC(=O)C(C#N)=Cc1cccc([N+](=O)[O-])c1. The van der Waals surface area contributed by atoms with E-state index in [4.69, 9.17) is 4.74 Å². The normalized spacial score (nSPS) is 11.1. The molecule has 1 aromatic heterocycles. The minimum atomic E-state index is -0.721. The lowest BCUT2D eigenvalue weighted by atomic mass is 10.1. The number of rotatable bonds is 7. The van der Waals surface area contributed by atoms with E-state index in [1.54, 1.807) is 25.1 Å². The van der Waals surface area contributed by atoms with Gasteiger partial charge in [-0.3, -0.25) is 14.9 Å². The zero-order valence-electron chi connectivity index (χ0n) is 16.1. The summed E-state index contributed by atoms with van der Waals surface area (Å²) >= 11 is 1.23. The third-order valence-electron chi connectivity index (χ3n) is 3.80. The van der Waals surface area contributed by atoms with Crippen LogP contribution in [0, 0.1) is 21.4 Å². The number of carbonyl (C=O) groups excluding carboxylic acids is 2. The minimum Gasteiger partial charge on any atom is -0.462 e. The Morgan fingerprint density at radius 1 is 1.38 bits per heavy atom. The van der Waals surface area contributed by atoms with Crippen LogP contribution in [0.15, 0.2) is 35.9 Å². The number of hydrogen-bond donors (Lipinski definition) is 1. The van der Waals surface area contributed by atoms with Crippen molar-refractivity contribution < 1.29 is 19.2 Å². The molecular formula is C20H19N3O5S. The topological polar surface area (TPSA) is 122 Å². The second kappa shape index (κ2) is 9.61. The Kier molecular flexibility index (Phi) is 7.22. The van der Waals surface area contributed by atoms with E-state index >= 15 is 0 Å². The van der Waals surface area contributed by atoms with E-state index in [1.165, 1.54) is 35.6 Å². The Labute approximate surface area is 171 Å². The fraction of sp³-hybridized carbons (Fsp3) is 0.250. The van der Waals surface area contributed by atoms with E-state index in [2.05, 4.69) is 5.32 Å². The minimum absolute atomic E-state index is 0.134. The number of nitro benzene ring substituents is 1. The maximum atomic E-state index is 12.6. The predicted octanol–water partition coefficient (Wildman–Crippen LogP) is 4.50. The Morgan fingerprint density at radius 2 is 2.10 bits per heavy atom. The molecule has 0 aliphatic rings. The summed E-state index contributed by atoms with van der Waals surface area (Å²) in [6, 6.07) is 9.04. The van der Waals surface area contributed by atoms with Crippen molar-refractivity contribution in [2.45, 2.75) is 26.7 Å². The van der Waals surface area contributed by atoms with Crippen LogP contribution < -0.4 is 5.32 Å². The van der Waals surface area contributed by atoms with E-state index in [0.29, 0.717) is 5.56 Å². The second-order valence-electron chi connectivity index (χ2n) is 6.24. The molecule has 1 amide bonds. The number of anilines is 1. The first-order chi connectivity index (χ1) is 13.8. The van der Waals surface area contributed by atoms with Crippen LogP contribution in [0.3, 0.4) is 0 Å². The van der Waals surface area contributed by atoms with Crippen LogP contribution in [-0.4, -0.2) is 23.4 Å². The highest BCUT2D eigenvalue weighted by molar-refractivity contribution is 7.16. The molecule has 0 saturated heterocycles. The number of carbonyl (C=O) groups is 2. The van der Waals surface area contributed by atoms with Gasteiger partial charge in [0.1, 0.15) is 16.6 Å². The standard InChI is InChI=1S/C20H19N3O5S/c1-4-28-20(25)16-10-17(12(2)3)29-19(16)22-18(24)14(11-21)8-13-6-5-7-15(9-13)23(26)27/h5-10,12H,4H2,1-3H3,(H,22,24). The summed E-state index contributed by atoms with van der Waals surface area (Å²) in [6.07, 6.45) is 1.25. The van der Waals surface area contributed by atoms with Crippen LogP contribution in [0.25, 0.3) is 6.08 Å². The number of nitrogens with zero attached hydrogens (tertiary/aromatic N) is 2. The van der Waals surface area contributed by atoms with Gasteiger partial charge in [-0.05, 0) is 30.5 Å². The molecule has 0 radical (unpaired) electrons. The summed E-state index contributed by atoms with van der Waals surface area (Å²) in [5.41, 5.74) is 0.160. The molecule has 2 rings (SSSR count). The highest BCUT2D eigenvalue weighted by Gasteiger charge is 2.21. The second-order valence-corrected chi connectivity index (χ2v) is 7.33. The van der Waals surface area contributed by atoms with Gasteiger partial charge >= 0.3 is 5.97 Å². The number of thiophene rings is 1. The van der Waals surface area contributed by atoms with Gasteiger partial charge < -0.3 is 10.1 Å². The first-order valence-corrected chi connectivity index (χ1v) is 9.56. The molecule has 1 aromatic carbocycles. The van der Waals surface area contributed by atoms with Gasteiger partial charge in [0, 0.05) is 17.0 Å². The van der Waals surface area contributed by atoms with Crippen LogP contribution >= 0.6 is 11.3 Å². The van der Waals surface area contributed by atoms with E-state index in [-0.39, 0.29) is 34.3 Å². The van der Waals surface area contributed by atoms with Crippen LogP contribution in [0.4, 0.5) is 10.7 Å². The van der Waals surface area contributed by atoms with Crippen molar-refractivity contribution in [1.82, 2.24) is 0 Å². The number of ether oxygens (including phenoxy) is 1. The number of amides is 1. The monoisotopic (exact) mass is 413 g/mol. The Morgan fingerprint density at radius 3 is 2.69 bits per heavy atom. The summed E-state index contributed by atoms with van der Waals surface area (Å²) in [5, 5.41) is 23.1. The smallest absolute Gasteiger partial charge is 0.341 e. The Balaban J connectivity index is 2.34. The predicted molar refractivity (Wildman–Crippen MR) is 110 cm³/mol. The summed E-state index contributed by atoms with van der Waals surface area (Å²) in [4.78, 5) is 36.0. The van der Waals surface area contributed by atoms with Crippen molar-refractivity contribution in [2.75, 3.05) is 11.9 Å². The highest BCUT2D eigenvalue weighted by atomic mass is 32.1. The lowest BCUT2D eigenvalue weighted by Gasteiger charge is -2.05. The molecule has 8 nitrogen and oxygen atoms in total. The van der Waals surface area contributed by atoms with Crippen LogP contribution in [0.2, 0.25) is 0 Å². The van der Waals surface area contributed by atoms with E-state index < -0.39 is 16.8 Å². The molecule has 1 N–H and O–H groups in total. The molecule has 29 heavy (non-hydrogen) atoms. The average Bonchev–Trinajstić information content (AvgIpc) is 3.10. The zero-order valence-corrected chi connectivity index (χ0v) is 16.9. The summed E-state index contributed by atoms with van der Waals surface area (Å²) in [5.74, 6) is -1.15. The summed E-state index contributed by atoms with van der Waals surface area (Å²) in [7, 11) is 0. The van der Waals surface area contributed by atoms with Crippen molar-refractivity contribution >= 4 is 40.0 Å². The largest absolute Gasteiger partial charge is 0.462 e. The Hall–Kier alpha value is -3.51. The zero-order chi connectivity index (χ0) is 21.6. The summed E-state index contributed by atoms with van der Waals surface area (Å²) < 4.78 is 5.03. The van der Waals surface area contributed by atoms with E-state index in [1.807, 2.05) is 13.8 Å². The van der Waals surface area contributed by atoms with Gasteiger partial charge in [0.2, 0.25) is 0 Å². The average molecular weight is 413 g/mol. The molecule has 150 valence electrons. The van der Waals surface area contributed by atoms with Crippen molar-refractivity contribution in [3.63, 3.8) is 0 Å². The van der Waals surface area contributed by atoms with Gasteiger partial charge in [0.05, 0.1) is 17.1 Å². The van der Waals surface area contributed by atoms with Gasteiger partial charge in [-0.15, -0.1) is 11.3 Å². The Bertz CT molecular complexity index is 1020. The number of hydrogen-bond acceptors (Lipinski definition) is 7. The number of nitro groups is 1. The van der Waals surface area contributed by atoms with Crippen molar-refractivity contribution in [3.8, 4) is 6.07 Å². The number of nitrogens with one attached hydrogen (secondary N) is 1. The molecule has 1 heterocycles. The van der Waals surface area contributed by atoms with Gasteiger partial charge in [-0.25, -0.2) is 4.79 Å². The quantitative estimate of drug-likeness (QED) is 0.234. The maximum Gasteiger partial charge on any atom is 0.341 e. The van der Waals surface area contributed by atoms with Gasteiger partial charge in [-0.1, -0.05) is 26.0 Å². The first kappa shape index (κ1) is 21.8. The number of benzene rings is 1. The molecule has 0 saturated carbocycles. The van der Waals surface area contributed by atoms with Crippen molar-refractivity contribution in [3.05, 3.63) is 62.0 Å². The third-order valence-corrected chi connectivity index (χ3v) is 5.15. The lowest BCUT2D eigenvalue weighted by molar-refractivity contribution is -0.384. The van der Waals surface area contributed by atoms with Crippen LogP contribution in [-0.2, 0) is 9.53 Å². The maximum absolute atomic E-state index is 12.6. The fourth-order valence-corrected chi connectivity index (χ4v) is 3.41. The van der Waals surface area contributed by atoms with Gasteiger partial charge in [-0.2, -0.15) is 5.26 Å². The molecule has 0 aliphatic heterocycles. The molecule has 0 bridgehead atoms. The molecule has 0 aliphatic carbocycles. The molecular weight excluding hydrogens is 394 g/mol. The molecule has 0 fully saturated rings. The summed E-state index contributed by atoms with van der Waals surface area (Å²) in [6.45, 7) is 5.78. The molecule has 0 atom stereocenters. The fourth-order valence-electron chi connectivity index (χ4n) is 2.36. The third kappa shape index (κ3) is 5.49. The lowest BCUT2D eigenvalue weighted by Crippen LogP contribution is -2.15. The number of non-ortho nitro benzene ring substituents is 1. The van der Waals surface area contributed by atoms with Crippen LogP contribution in [0.1, 0.15) is 47.5 Å². The first-order valence-electron chi connectivity index (χ1n) is 8.75. The van der Waals surface area contributed by atoms with Crippen molar-refractivity contribution in [1.29, 1.82) is 5.26 Å². The molecule has 9 heteroatoms. The van der Waals surface area contributed by atoms with E-state index in [9.17, 15) is 25.0 Å².